The van der Waals surface area contributed by atoms with Crippen LogP contribution in [0.5, 0.6) is 0 Å². The zero-order chi connectivity index (χ0) is 22.6. The number of hydrogen-bond donors (Lipinski definition) is 2. The first kappa shape index (κ1) is 27.7. The Morgan fingerprint density at radius 3 is 2.06 bits per heavy atom. The lowest BCUT2D eigenvalue weighted by atomic mass is 10.1. The Balaban J connectivity index is 0.00000204. The van der Waals surface area contributed by atoms with E-state index >= 15 is 0 Å². The van der Waals surface area contributed by atoms with Crippen LogP contribution in [0, 0.1) is 0 Å². The number of rotatable bonds is 7. The molecule has 0 aliphatic carbocycles. The molecule has 0 fully saturated rings. The van der Waals surface area contributed by atoms with Crippen LogP contribution in [0.25, 0.3) is 16.8 Å². The first-order chi connectivity index (χ1) is 15.4. The van der Waals surface area contributed by atoms with Gasteiger partial charge in [-0.3, -0.25) is 0 Å². The molecule has 4 rings (SSSR count). The molecule has 0 aliphatic heterocycles. The molecule has 2 N–H and O–H groups in total. The summed E-state index contributed by atoms with van der Waals surface area (Å²) in [6.07, 6.45) is 7.84. The first-order valence-corrected chi connectivity index (χ1v) is 12.3. The molecule has 0 bridgehead atoms. The summed E-state index contributed by atoms with van der Waals surface area (Å²) in [5, 5.41) is 0. The quantitative estimate of drug-likeness (QED) is 0.215. The molecule has 2 aromatic carbocycles. The lowest BCUT2D eigenvalue weighted by molar-refractivity contribution is -0.671. The molecule has 0 amide bonds. The number of benzene rings is 2. The van der Waals surface area contributed by atoms with E-state index in [9.17, 15) is 14.4 Å². The van der Waals surface area contributed by atoms with Gasteiger partial charge in [-0.25, -0.2) is 4.57 Å². The van der Waals surface area contributed by atoms with E-state index in [-0.39, 0.29) is 30.2 Å². The van der Waals surface area contributed by atoms with Crippen LogP contribution in [0.1, 0.15) is 24.5 Å². The van der Waals surface area contributed by atoms with E-state index in [1.807, 2.05) is 65.5 Å². The summed E-state index contributed by atoms with van der Waals surface area (Å²) in [6.45, 7) is 2.56. The Morgan fingerprint density at radius 1 is 0.765 bits per heavy atom. The largest absolute Gasteiger partial charge is 1.00 e. The maximum Gasteiger partial charge on any atom is 0.419 e. The highest BCUT2D eigenvalue weighted by atomic mass is 35.5. The molecule has 0 spiro atoms. The van der Waals surface area contributed by atoms with Crippen LogP contribution in [-0.4, -0.2) is 9.79 Å². The Bertz CT molecular complexity index is 1260. The van der Waals surface area contributed by atoms with E-state index in [1.54, 1.807) is 16.8 Å². The third kappa shape index (κ3) is 6.75. The zero-order valence-corrected chi connectivity index (χ0v) is 21.2. The van der Waals surface area contributed by atoms with Crippen LogP contribution in [0.3, 0.4) is 0 Å². The van der Waals surface area contributed by atoms with Gasteiger partial charge in [0.05, 0.1) is 0 Å². The maximum atomic E-state index is 12.2. The highest BCUT2D eigenvalue weighted by Gasteiger charge is 2.30. The van der Waals surface area contributed by atoms with E-state index in [0.717, 1.165) is 35.2 Å². The van der Waals surface area contributed by atoms with Gasteiger partial charge in [0.2, 0.25) is 5.69 Å². The molecule has 0 unspecified atom stereocenters. The SMILES string of the molecule is CCCc1cccc(-[n+]2ccc(-c3cc[n+](Cc4ccccc4)c(P(=O)(O)O)c3)cc2)c1.[Cl-].[Cl-]. The molecular weight excluding hydrogens is 490 g/mol. The van der Waals surface area contributed by atoms with Gasteiger partial charge >= 0.3 is 7.60 Å². The van der Waals surface area contributed by atoms with Gasteiger partial charge < -0.3 is 34.6 Å². The predicted octanol–water partition coefficient (Wildman–Crippen LogP) is -2.27. The first-order valence-electron chi connectivity index (χ1n) is 10.7. The van der Waals surface area contributed by atoms with E-state index in [4.69, 9.17) is 0 Å². The van der Waals surface area contributed by atoms with Crippen molar-refractivity contribution in [1.82, 2.24) is 0 Å². The highest BCUT2D eigenvalue weighted by molar-refractivity contribution is 7.59. The molecule has 8 heteroatoms. The van der Waals surface area contributed by atoms with Gasteiger partial charge in [0.25, 0.3) is 5.44 Å². The van der Waals surface area contributed by atoms with Gasteiger partial charge in [0.1, 0.15) is 0 Å². The van der Waals surface area contributed by atoms with Gasteiger partial charge in [0.15, 0.2) is 25.1 Å². The van der Waals surface area contributed by atoms with Crippen molar-refractivity contribution >= 4 is 13.0 Å². The number of nitrogens with zero attached hydrogens (tertiary/aromatic N) is 2. The van der Waals surface area contributed by atoms with E-state index < -0.39 is 7.60 Å². The lowest BCUT2D eigenvalue weighted by Crippen LogP contribution is -3.00. The molecule has 0 aliphatic rings. The Labute approximate surface area is 212 Å². The Morgan fingerprint density at radius 2 is 1.41 bits per heavy atom. The van der Waals surface area contributed by atoms with Gasteiger partial charge in [-0.2, -0.15) is 9.13 Å². The molecule has 178 valence electrons. The molecular formula is C26H27Cl2N2O3P. The summed E-state index contributed by atoms with van der Waals surface area (Å²) in [5.74, 6) is 0. The lowest BCUT2D eigenvalue weighted by Gasteiger charge is -2.08. The molecule has 2 heterocycles. The third-order valence-corrected chi connectivity index (χ3v) is 6.40. The van der Waals surface area contributed by atoms with Crippen LogP contribution < -0.4 is 39.4 Å². The summed E-state index contributed by atoms with van der Waals surface area (Å²) in [7, 11) is -4.45. The van der Waals surface area contributed by atoms with Crippen molar-refractivity contribution in [2.75, 3.05) is 0 Å². The van der Waals surface area contributed by atoms with Gasteiger partial charge in [-0.1, -0.05) is 55.8 Å². The zero-order valence-electron chi connectivity index (χ0n) is 18.8. The average molecular weight is 517 g/mol. The minimum Gasteiger partial charge on any atom is -1.00 e. The Hall–Kier alpha value is -2.53. The highest BCUT2D eigenvalue weighted by Crippen LogP contribution is 2.33. The standard InChI is InChI=1S/C26H25N2O3P.2ClH/c1-2-7-21-10-6-11-25(18-21)27-15-12-23(13-16-27)24-14-17-28(26(19-24)32(29,30)31)20-22-8-4-3-5-9-22;;/h3-6,8-19H,2,7,20H2,1H3;2*1H. The van der Waals surface area contributed by atoms with Crippen molar-refractivity contribution in [2.24, 2.45) is 0 Å². The topological polar surface area (TPSA) is 65.3 Å². The van der Waals surface area contributed by atoms with Gasteiger partial charge in [-0.15, -0.1) is 0 Å². The van der Waals surface area contributed by atoms with Crippen molar-refractivity contribution in [3.8, 4) is 16.8 Å². The van der Waals surface area contributed by atoms with E-state index in [2.05, 4.69) is 31.2 Å². The third-order valence-electron chi connectivity index (χ3n) is 5.42. The van der Waals surface area contributed by atoms with Gasteiger partial charge in [-0.05, 0) is 23.1 Å². The second kappa shape index (κ2) is 12.3. The summed E-state index contributed by atoms with van der Waals surface area (Å²) < 4.78 is 15.9. The molecule has 0 radical (unpaired) electrons. The van der Waals surface area contributed by atoms with Crippen molar-refractivity contribution in [1.29, 1.82) is 0 Å². The number of aromatic nitrogens is 2. The number of hydrogen-bond acceptors (Lipinski definition) is 1. The van der Waals surface area contributed by atoms with Crippen LogP contribution >= 0.6 is 7.60 Å². The van der Waals surface area contributed by atoms with Crippen molar-refractivity contribution in [3.05, 3.63) is 109 Å². The predicted molar refractivity (Wildman–Crippen MR) is 125 cm³/mol. The van der Waals surface area contributed by atoms with Crippen LogP contribution in [0.4, 0.5) is 0 Å². The van der Waals surface area contributed by atoms with Crippen LogP contribution in [0.2, 0.25) is 0 Å². The Kier molecular flexibility index (Phi) is 9.99. The fourth-order valence-electron chi connectivity index (χ4n) is 3.81. The van der Waals surface area contributed by atoms with Crippen molar-refractivity contribution < 1.29 is 48.3 Å². The monoisotopic (exact) mass is 516 g/mol. The molecule has 0 saturated carbocycles. The number of pyridine rings is 2. The van der Waals surface area contributed by atoms with E-state index in [1.165, 1.54) is 5.56 Å². The number of halogens is 2. The molecule has 5 nitrogen and oxygen atoms in total. The molecule has 34 heavy (non-hydrogen) atoms. The fourth-order valence-corrected chi connectivity index (χ4v) is 4.59. The molecule has 4 aromatic rings. The fraction of sp³-hybridized carbons (Fsp3) is 0.154. The second-order valence-corrected chi connectivity index (χ2v) is 9.39. The molecule has 2 aromatic heterocycles. The summed E-state index contributed by atoms with van der Waals surface area (Å²) >= 11 is 0. The normalized spacial score (nSPS) is 10.8. The minimum atomic E-state index is -4.45. The van der Waals surface area contributed by atoms with Crippen molar-refractivity contribution in [3.63, 3.8) is 0 Å². The smallest absolute Gasteiger partial charge is 0.419 e. The number of aryl methyl sites for hydroxylation is 1. The summed E-state index contributed by atoms with van der Waals surface area (Å²) in [4.78, 5) is 19.9. The summed E-state index contributed by atoms with van der Waals surface area (Å²) in [6, 6.07) is 25.5. The summed E-state index contributed by atoms with van der Waals surface area (Å²) in [5.41, 5.74) is 5.03. The van der Waals surface area contributed by atoms with E-state index in [0.29, 0.717) is 6.54 Å². The molecule has 0 saturated heterocycles. The second-order valence-electron chi connectivity index (χ2n) is 7.85. The van der Waals surface area contributed by atoms with Gasteiger partial charge in [0, 0.05) is 42.0 Å². The van der Waals surface area contributed by atoms with Crippen molar-refractivity contribution in [2.45, 2.75) is 26.3 Å². The maximum absolute atomic E-state index is 12.2. The van der Waals surface area contributed by atoms with Crippen LogP contribution in [0.15, 0.2) is 97.5 Å². The average Bonchev–Trinajstić information content (AvgIpc) is 2.80. The molecule has 0 atom stereocenters. The van der Waals surface area contributed by atoms with Crippen LogP contribution in [-0.2, 0) is 17.5 Å². The minimum absolute atomic E-state index is 0.